The van der Waals surface area contributed by atoms with E-state index in [0.29, 0.717) is 0 Å². The Morgan fingerprint density at radius 2 is 1.00 bits per heavy atom. The molecule has 0 atom stereocenters. The van der Waals surface area contributed by atoms with Gasteiger partial charge in [0.25, 0.3) is 0 Å². The lowest BCUT2D eigenvalue weighted by molar-refractivity contribution is 0.669. The first-order valence-electron chi connectivity index (χ1n) is 15.7. The maximum Gasteiger partial charge on any atom is 0.138 e. The summed E-state index contributed by atoms with van der Waals surface area (Å²) in [4.78, 5) is 7.40. The van der Waals surface area contributed by atoms with E-state index in [4.69, 9.17) is 9.40 Å². The molecule has 0 saturated carbocycles. The highest BCUT2D eigenvalue weighted by molar-refractivity contribution is 7.22. The van der Waals surface area contributed by atoms with Crippen LogP contribution in [0.1, 0.15) is 0 Å². The van der Waals surface area contributed by atoms with Crippen molar-refractivity contribution in [2.24, 2.45) is 0 Å². The number of hydrogen-bond acceptors (Lipinski definition) is 4. The lowest BCUT2D eigenvalue weighted by Crippen LogP contribution is -2.09. The van der Waals surface area contributed by atoms with Crippen LogP contribution in [0.15, 0.2) is 174 Å². The molecule has 0 aliphatic heterocycles. The van der Waals surface area contributed by atoms with Gasteiger partial charge in [-0.2, -0.15) is 0 Å². The van der Waals surface area contributed by atoms with Gasteiger partial charge in [0.2, 0.25) is 0 Å². The highest BCUT2D eigenvalue weighted by atomic mass is 32.1. The van der Waals surface area contributed by atoms with Gasteiger partial charge in [0, 0.05) is 45.0 Å². The van der Waals surface area contributed by atoms with Gasteiger partial charge >= 0.3 is 0 Å². The van der Waals surface area contributed by atoms with Gasteiger partial charge in [-0.3, -0.25) is 0 Å². The molecule has 4 heteroatoms. The summed E-state index contributed by atoms with van der Waals surface area (Å²) >= 11 is 1.74. The molecule has 0 spiro atoms. The fourth-order valence-electron chi connectivity index (χ4n) is 6.49. The number of hydrogen-bond donors (Lipinski definition) is 0. The van der Waals surface area contributed by atoms with Crippen molar-refractivity contribution in [3.05, 3.63) is 170 Å². The summed E-state index contributed by atoms with van der Waals surface area (Å²) in [5, 5.41) is 3.24. The molecule has 0 saturated heterocycles. The van der Waals surface area contributed by atoms with Crippen molar-refractivity contribution >= 4 is 60.6 Å². The standard InChI is InChI=1S/C43H28N2OS/c1-4-12-29(13-5-1)30-20-24-34(25-21-30)45(33-16-8-3-9-17-33)35-26-22-31(23-27-35)40-41-36-18-10-11-19-38(36)46-39(41)28-37-42(40)47-43(44-37)32-14-6-2-7-15-32/h1-28H. The average molecular weight is 621 g/mol. The summed E-state index contributed by atoms with van der Waals surface area (Å²) in [6, 6.07) is 59.6. The molecule has 9 rings (SSSR count). The molecule has 3 nitrogen and oxygen atoms in total. The van der Waals surface area contributed by atoms with E-state index in [0.717, 1.165) is 70.9 Å². The van der Waals surface area contributed by atoms with Crippen molar-refractivity contribution < 1.29 is 4.42 Å². The summed E-state index contributed by atoms with van der Waals surface area (Å²) in [7, 11) is 0. The van der Waals surface area contributed by atoms with Gasteiger partial charge in [0.05, 0.1) is 10.2 Å². The molecule has 0 unspecified atom stereocenters. The summed E-state index contributed by atoms with van der Waals surface area (Å²) in [6.45, 7) is 0. The number of fused-ring (bicyclic) bond motifs is 4. The zero-order valence-corrected chi connectivity index (χ0v) is 26.2. The lowest BCUT2D eigenvalue weighted by atomic mass is 9.98. The first-order valence-corrected chi connectivity index (χ1v) is 16.5. The number of rotatable bonds is 6. The topological polar surface area (TPSA) is 29.3 Å². The zero-order valence-electron chi connectivity index (χ0n) is 25.4. The molecular weight excluding hydrogens is 593 g/mol. The first kappa shape index (κ1) is 27.3. The number of furan rings is 1. The van der Waals surface area contributed by atoms with Gasteiger partial charge in [-0.15, -0.1) is 11.3 Å². The molecule has 2 heterocycles. The number of thiazole rings is 1. The van der Waals surface area contributed by atoms with E-state index in [9.17, 15) is 0 Å². The normalized spacial score (nSPS) is 11.4. The predicted molar refractivity (Wildman–Crippen MR) is 198 cm³/mol. The van der Waals surface area contributed by atoms with Gasteiger partial charge < -0.3 is 9.32 Å². The number of aromatic nitrogens is 1. The molecule has 47 heavy (non-hydrogen) atoms. The highest BCUT2D eigenvalue weighted by Gasteiger charge is 2.21. The zero-order chi connectivity index (χ0) is 31.2. The number of anilines is 3. The molecular formula is C43H28N2OS. The van der Waals surface area contributed by atoms with Crippen LogP contribution >= 0.6 is 11.3 Å². The highest BCUT2D eigenvalue weighted by Crippen LogP contribution is 2.46. The maximum atomic E-state index is 6.41. The molecule has 2 aromatic heterocycles. The Balaban J connectivity index is 1.19. The number of nitrogens with zero attached hydrogens (tertiary/aromatic N) is 2. The fraction of sp³-hybridized carbons (Fsp3) is 0. The molecule has 0 fully saturated rings. The van der Waals surface area contributed by atoms with Crippen molar-refractivity contribution in [1.82, 2.24) is 4.98 Å². The smallest absolute Gasteiger partial charge is 0.138 e. The van der Waals surface area contributed by atoms with E-state index in [1.165, 1.54) is 11.1 Å². The van der Waals surface area contributed by atoms with Crippen molar-refractivity contribution in [2.45, 2.75) is 0 Å². The molecule has 0 bridgehead atoms. The Bertz CT molecular complexity index is 2480. The fourth-order valence-corrected chi connectivity index (χ4v) is 7.61. The SMILES string of the molecule is c1ccc(-c2ccc(N(c3ccccc3)c3ccc(-c4c5sc(-c6ccccc6)nc5cc5oc6ccccc6c45)cc3)cc2)cc1. The minimum atomic E-state index is 0.854. The minimum Gasteiger partial charge on any atom is -0.456 e. The Morgan fingerprint density at radius 3 is 1.68 bits per heavy atom. The Hall–Kier alpha value is -5.97. The third kappa shape index (κ3) is 4.87. The van der Waals surface area contributed by atoms with Gasteiger partial charge in [-0.05, 0) is 59.2 Å². The molecule has 0 aliphatic rings. The van der Waals surface area contributed by atoms with Crippen LogP contribution in [0, 0.1) is 0 Å². The number of para-hydroxylation sites is 2. The quantitative estimate of drug-likeness (QED) is 0.185. The summed E-state index contributed by atoms with van der Waals surface area (Å²) < 4.78 is 7.57. The van der Waals surface area contributed by atoms with E-state index in [2.05, 4.69) is 157 Å². The second-order valence-corrected chi connectivity index (χ2v) is 12.6. The van der Waals surface area contributed by atoms with Gasteiger partial charge in [0.1, 0.15) is 16.2 Å². The van der Waals surface area contributed by atoms with Crippen molar-refractivity contribution in [2.75, 3.05) is 4.90 Å². The lowest BCUT2D eigenvalue weighted by Gasteiger charge is -2.26. The Kier molecular flexibility index (Phi) is 6.65. The molecule has 0 radical (unpaired) electrons. The van der Waals surface area contributed by atoms with Crippen LogP contribution in [0.25, 0.3) is 65.0 Å². The van der Waals surface area contributed by atoms with Crippen molar-refractivity contribution in [3.63, 3.8) is 0 Å². The van der Waals surface area contributed by atoms with Crippen LogP contribution in [-0.4, -0.2) is 4.98 Å². The largest absolute Gasteiger partial charge is 0.456 e. The summed E-state index contributed by atoms with van der Waals surface area (Å²) in [5.41, 5.74) is 11.8. The molecule has 222 valence electrons. The molecule has 9 aromatic rings. The van der Waals surface area contributed by atoms with Gasteiger partial charge in [-0.25, -0.2) is 4.98 Å². The van der Waals surface area contributed by atoms with Crippen LogP contribution < -0.4 is 4.90 Å². The third-order valence-corrected chi connectivity index (χ3v) is 9.84. The minimum absolute atomic E-state index is 0.854. The Labute approximate surface area is 276 Å². The van der Waals surface area contributed by atoms with E-state index >= 15 is 0 Å². The van der Waals surface area contributed by atoms with Crippen molar-refractivity contribution in [1.29, 1.82) is 0 Å². The monoisotopic (exact) mass is 620 g/mol. The average Bonchev–Trinajstić information content (AvgIpc) is 3.74. The van der Waals surface area contributed by atoms with Crippen LogP contribution in [0.5, 0.6) is 0 Å². The summed E-state index contributed by atoms with van der Waals surface area (Å²) in [6.07, 6.45) is 0. The number of benzene rings is 7. The Morgan fingerprint density at radius 1 is 0.468 bits per heavy atom. The third-order valence-electron chi connectivity index (χ3n) is 8.70. The summed E-state index contributed by atoms with van der Waals surface area (Å²) in [5.74, 6) is 0. The predicted octanol–water partition coefficient (Wildman–Crippen LogP) is 12.7. The van der Waals surface area contributed by atoms with Crippen molar-refractivity contribution in [3.8, 4) is 32.8 Å². The van der Waals surface area contributed by atoms with Crippen LogP contribution in [-0.2, 0) is 0 Å². The molecule has 0 N–H and O–H groups in total. The van der Waals surface area contributed by atoms with E-state index in [1.807, 2.05) is 18.2 Å². The van der Waals surface area contributed by atoms with Gasteiger partial charge in [-0.1, -0.05) is 121 Å². The van der Waals surface area contributed by atoms with Crippen LogP contribution in [0.4, 0.5) is 17.1 Å². The molecule has 0 amide bonds. The van der Waals surface area contributed by atoms with E-state index in [-0.39, 0.29) is 0 Å². The van der Waals surface area contributed by atoms with E-state index in [1.54, 1.807) is 11.3 Å². The second kappa shape index (κ2) is 11.4. The van der Waals surface area contributed by atoms with Crippen LogP contribution in [0.2, 0.25) is 0 Å². The first-order chi connectivity index (χ1) is 23.3. The van der Waals surface area contributed by atoms with Gasteiger partial charge in [0.15, 0.2) is 0 Å². The molecule has 7 aromatic carbocycles. The maximum absolute atomic E-state index is 6.41. The second-order valence-electron chi connectivity index (χ2n) is 11.6. The van der Waals surface area contributed by atoms with Crippen LogP contribution in [0.3, 0.4) is 0 Å². The molecule has 0 aliphatic carbocycles. The van der Waals surface area contributed by atoms with E-state index < -0.39 is 0 Å².